The Balaban J connectivity index is 2.39. The number of oxime groups is 1. The zero-order valence-electron chi connectivity index (χ0n) is 9.46. The third kappa shape index (κ3) is 3.13. The van der Waals surface area contributed by atoms with Gasteiger partial charge < -0.3 is 4.84 Å². The second kappa shape index (κ2) is 5.91. The Labute approximate surface area is 104 Å². The summed E-state index contributed by atoms with van der Waals surface area (Å²) < 4.78 is 24.2. The first-order valence-corrected chi connectivity index (χ1v) is 5.40. The molecule has 2 rings (SSSR count). The van der Waals surface area contributed by atoms with Gasteiger partial charge in [-0.1, -0.05) is 65.8 Å². The largest absolute Gasteiger partial charge is 0.407 e. The molecule has 0 saturated carbocycles. The van der Waals surface area contributed by atoms with Gasteiger partial charge in [-0.25, -0.2) is 0 Å². The summed E-state index contributed by atoms with van der Waals surface area (Å²) in [6.45, 7) is -2.92. The van der Waals surface area contributed by atoms with Gasteiger partial charge in [0.15, 0.2) is 0 Å². The number of hydrogen-bond donors (Lipinski definition) is 0. The fourth-order valence-corrected chi connectivity index (χ4v) is 1.56. The van der Waals surface area contributed by atoms with E-state index < -0.39 is 6.61 Å². The average Bonchev–Trinajstić information content (AvgIpc) is 2.41. The van der Waals surface area contributed by atoms with Crippen LogP contribution in [0, 0.1) is 0 Å². The Morgan fingerprint density at radius 3 is 1.67 bits per heavy atom. The number of alkyl halides is 2. The van der Waals surface area contributed by atoms with Crippen molar-refractivity contribution in [1.82, 2.24) is 0 Å². The monoisotopic (exact) mass is 247 g/mol. The van der Waals surface area contributed by atoms with Crippen LogP contribution >= 0.6 is 0 Å². The fourth-order valence-electron chi connectivity index (χ4n) is 1.56. The first-order valence-electron chi connectivity index (χ1n) is 5.40. The molecule has 0 spiro atoms. The Bertz CT molecular complexity index is 470. The second-order valence-electron chi connectivity index (χ2n) is 3.54. The molecule has 0 aromatic heterocycles. The summed E-state index contributed by atoms with van der Waals surface area (Å²) in [7, 11) is 0. The molecule has 0 radical (unpaired) electrons. The standard InChI is InChI=1S/C14H11F2NO/c15-14(16)18-17-13(11-7-3-1-4-8-11)12-9-5-2-6-10-12/h1-10,14H. The van der Waals surface area contributed by atoms with Gasteiger partial charge in [-0.3, -0.25) is 0 Å². The highest BCUT2D eigenvalue weighted by Gasteiger charge is 2.09. The summed E-state index contributed by atoms with van der Waals surface area (Å²) in [6.07, 6.45) is 0. The number of rotatable bonds is 4. The van der Waals surface area contributed by atoms with Gasteiger partial charge in [0.05, 0.1) is 0 Å². The van der Waals surface area contributed by atoms with Gasteiger partial charge in [-0.05, 0) is 0 Å². The van der Waals surface area contributed by atoms with E-state index in [2.05, 4.69) is 9.99 Å². The molecule has 18 heavy (non-hydrogen) atoms. The van der Waals surface area contributed by atoms with Crippen molar-refractivity contribution in [3.8, 4) is 0 Å². The van der Waals surface area contributed by atoms with Gasteiger partial charge in [0.1, 0.15) is 5.71 Å². The van der Waals surface area contributed by atoms with E-state index in [1.54, 1.807) is 24.3 Å². The van der Waals surface area contributed by atoms with Crippen molar-refractivity contribution in [2.24, 2.45) is 5.16 Å². The molecule has 2 aromatic rings. The van der Waals surface area contributed by atoms with Crippen molar-refractivity contribution in [1.29, 1.82) is 0 Å². The molecule has 0 atom stereocenters. The molecular formula is C14H11F2NO. The first kappa shape index (κ1) is 12.2. The molecule has 2 nitrogen and oxygen atoms in total. The van der Waals surface area contributed by atoms with Gasteiger partial charge in [-0.15, -0.1) is 0 Å². The highest BCUT2D eigenvalue weighted by Crippen LogP contribution is 2.12. The van der Waals surface area contributed by atoms with E-state index in [4.69, 9.17) is 0 Å². The Morgan fingerprint density at radius 1 is 0.833 bits per heavy atom. The molecule has 0 fully saturated rings. The van der Waals surface area contributed by atoms with Crippen molar-refractivity contribution < 1.29 is 13.6 Å². The highest BCUT2D eigenvalue weighted by atomic mass is 19.3. The number of nitrogens with zero attached hydrogens (tertiary/aromatic N) is 1. The van der Waals surface area contributed by atoms with Crippen molar-refractivity contribution >= 4 is 5.71 Å². The molecule has 4 heteroatoms. The van der Waals surface area contributed by atoms with Crippen LogP contribution in [0.1, 0.15) is 11.1 Å². The maximum absolute atomic E-state index is 12.1. The van der Waals surface area contributed by atoms with Crippen LogP contribution in [0.25, 0.3) is 0 Å². The van der Waals surface area contributed by atoms with Crippen LogP contribution in [0.3, 0.4) is 0 Å². The summed E-state index contributed by atoms with van der Waals surface area (Å²) in [5.74, 6) is 0. The lowest BCUT2D eigenvalue weighted by molar-refractivity contribution is -0.127. The maximum atomic E-state index is 12.1. The maximum Gasteiger partial charge on any atom is 0.407 e. The molecule has 0 N–H and O–H groups in total. The summed E-state index contributed by atoms with van der Waals surface area (Å²) in [5.41, 5.74) is 1.84. The summed E-state index contributed by atoms with van der Waals surface area (Å²) in [5, 5.41) is 3.53. The minimum Gasteiger partial charge on any atom is -0.325 e. The third-order valence-corrected chi connectivity index (χ3v) is 2.32. The lowest BCUT2D eigenvalue weighted by atomic mass is 10.0. The topological polar surface area (TPSA) is 21.6 Å². The SMILES string of the molecule is FC(F)ON=C(c1ccccc1)c1ccccc1. The van der Waals surface area contributed by atoms with Gasteiger partial charge in [0, 0.05) is 11.1 Å². The Kier molecular flexibility index (Phi) is 4.02. The lowest BCUT2D eigenvalue weighted by Crippen LogP contribution is -2.05. The van der Waals surface area contributed by atoms with Crippen molar-refractivity contribution in [2.75, 3.05) is 0 Å². The normalized spacial score (nSPS) is 10.2. The Morgan fingerprint density at radius 2 is 1.28 bits per heavy atom. The highest BCUT2D eigenvalue weighted by molar-refractivity contribution is 6.12. The van der Waals surface area contributed by atoms with Gasteiger partial charge in [0.2, 0.25) is 0 Å². The van der Waals surface area contributed by atoms with Gasteiger partial charge >= 0.3 is 6.61 Å². The van der Waals surface area contributed by atoms with Crippen LogP contribution in [-0.4, -0.2) is 12.3 Å². The van der Waals surface area contributed by atoms with E-state index in [9.17, 15) is 8.78 Å². The van der Waals surface area contributed by atoms with Crippen LogP contribution in [0.15, 0.2) is 65.8 Å². The van der Waals surface area contributed by atoms with E-state index >= 15 is 0 Å². The van der Waals surface area contributed by atoms with E-state index in [0.717, 1.165) is 11.1 Å². The quantitative estimate of drug-likeness (QED) is 0.596. The number of benzene rings is 2. The van der Waals surface area contributed by atoms with Crippen LogP contribution in [-0.2, 0) is 4.84 Å². The zero-order valence-corrected chi connectivity index (χ0v) is 9.46. The van der Waals surface area contributed by atoms with Crippen molar-refractivity contribution in [3.63, 3.8) is 0 Å². The average molecular weight is 247 g/mol. The van der Waals surface area contributed by atoms with E-state index in [1.807, 2.05) is 36.4 Å². The second-order valence-corrected chi connectivity index (χ2v) is 3.54. The van der Waals surface area contributed by atoms with E-state index in [0.29, 0.717) is 5.71 Å². The smallest absolute Gasteiger partial charge is 0.325 e. The fraction of sp³-hybridized carbons (Fsp3) is 0.0714. The van der Waals surface area contributed by atoms with Crippen LogP contribution in [0.2, 0.25) is 0 Å². The molecule has 0 bridgehead atoms. The molecular weight excluding hydrogens is 236 g/mol. The predicted octanol–water partition coefficient (Wildman–Crippen LogP) is 3.68. The van der Waals surface area contributed by atoms with Crippen LogP contribution in [0.5, 0.6) is 0 Å². The summed E-state index contributed by atoms with van der Waals surface area (Å²) >= 11 is 0. The minimum absolute atomic E-state index is 0.386. The minimum atomic E-state index is -2.92. The molecule has 0 aliphatic carbocycles. The molecule has 0 heterocycles. The predicted molar refractivity (Wildman–Crippen MR) is 65.6 cm³/mol. The number of halogens is 2. The molecule has 2 aromatic carbocycles. The Hall–Kier alpha value is -2.23. The van der Waals surface area contributed by atoms with Crippen LogP contribution < -0.4 is 0 Å². The van der Waals surface area contributed by atoms with E-state index in [-0.39, 0.29) is 0 Å². The molecule has 0 aliphatic rings. The first-order chi connectivity index (χ1) is 8.77. The molecule has 92 valence electrons. The van der Waals surface area contributed by atoms with Crippen LogP contribution in [0.4, 0.5) is 8.78 Å². The van der Waals surface area contributed by atoms with Gasteiger partial charge in [0.25, 0.3) is 0 Å². The van der Waals surface area contributed by atoms with Gasteiger partial charge in [-0.2, -0.15) is 8.78 Å². The van der Waals surface area contributed by atoms with Crippen molar-refractivity contribution in [2.45, 2.75) is 6.61 Å². The zero-order chi connectivity index (χ0) is 12.8. The third-order valence-electron chi connectivity index (χ3n) is 2.32. The van der Waals surface area contributed by atoms with E-state index in [1.165, 1.54) is 0 Å². The number of hydrogen-bond acceptors (Lipinski definition) is 2. The molecule has 0 saturated heterocycles. The molecule has 0 aliphatic heterocycles. The summed E-state index contributed by atoms with van der Waals surface area (Å²) in [6, 6.07) is 18.1. The van der Waals surface area contributed by atoms with Crippen molar-refractivity contribution in [3.05, 3.63) is 71.8 Å². The molecule has 0 unspecified atom stereocenters. The lowest BCUT2D eigenvalue weighted by Gasteiger charge is -2.06. The molecule has 0 amide bonds. The summed E-state index contributed by atoms with van der Waals surface area (Å²) in [4.78, 5) is 4.07.